The minimum Gasteiger partial charge on any atom is -0.314 e. The van der Waals surface area contributed by atoms with Gasteiger partial charge in [-0.1, -0.05) is 19.9 Å². The minimum absolute atomic E-state index is 0.0893. The van der Waals surface area contributed by atoms with Crippen LogP contribution in [0.5, 0.6) is 0 Å². The monoisotopic (exact) mass is 273 g/mol. The van der Waals surface area contributed by atoms with Gasteiger partial charge >= 0.3 is 0 Å². The van der Waals surface area contributed by atoms with Gasteiger partial charge in [-0.15, -0.1) is 0 Å². The van der Waals surface area contributed by atoms with E-state index in [1.807, 2.05) is 13.1 Å². The van der Waals surface area contributed by atoms with Crippen LogP contribution in [0.4, 0.5) is 5.69 Å². The number of aryl methyl sites for hydroxylation is 1. The zero-order chi connectivity index (χ0) is 14.7. The number of carbonyl (C=O) groups excluding carboxylic acids is 1. The van der Waals surface area contributed by atoms with Crippen molar-refractivity contribution < 1.29 is 4.79 Å². The third-order valence-electron chi connectivity index (χ3n) is 3.87. The van der Waals surface area contributed by atoms with E-state index >= 15 is 0 Å². The summed E-state index contributed by atoms with van der Waals surface area (Å²) in [4.78, 5) is 13.8. The molecule has 0 aromatic heterocycles. The van der Waals surface area contributed by atoms with E-state index in [-0.39, 0.29) is 5.91 Å². The van der Waals surface area contributed by atoms with E-state index in [0.717, 1.165) is 29.8 Å². The Bertz CT molecular complexity index is 537. The number of hydrogen-bond donors (Lipinski definition) is 1. The predicted molar refractivity (Wildman–Crippen MR) is 83.3 cm³/mol. The molecule has 1 amide bonds. The normalized spacial score (nSPS) is 18.1. The first-order valence-electron chi connectivity index (χ1n) is 7.28. The van der Waals surface area contributed by atoms with E-state index in [9.17, 15) is 4.79 Å². The van der Waals surface area contributed by atoms with Crippen LogP contribution in [0, 0.1) is 0 Å². The molecule has 0 radical (unpaired) electrons. The van der Waals surface area contributed by atoms with Gasteiger partial charge in [-0.3, -0.25) is 4.79 Å². The molecule has 1 aromatic carbocycles. The fraction of sp³-hybridized carbons (Fsp3) is 0.500. The lowest BCUT2D eigenvalue weighted by Gasteiger charge is -2.27. The Labute approximate surface area is 120 Å². The van der Waals surface area contributed by atoms with Gasteiger partial charge in [0.05, 0.1) is 17.8 Å². The number of fused-ring (bicyclic) bond motifs is 1. The molecule has 1 heterocycles. The van der Waals surface area contributed by atoms with Crippen molar-refractivity contribution in [2.75, 3.05) is 11.9 Å². The van der Waals surface area contributed by atoms with Gasteiger partial charge in [0.1, 0.15) is 0 Å². The second kappa shape index (κ2) is 6.07. The van der Waals surface area contributed by atoms with Gasteiger partial charge in [-0.05, 0) is 37.5 Å². The molecule has 0 fully saturated rings. The molecule has 0 bridgehead atoms. The summed E-state index contributed by atoms with van der Waals surface area (Å²) in [5.41, 5.74) is 7.26. The highest BCUT2D eigenvalue weighted by Gasteiger charge is 2.26. The topological polar surface area (TPSA) is 44.7 Å². The lowest BCUT2D eigenvalue weighted by atomic mass is 9.96. The zero-order valence-electron chi connectivity index (χ0n) is 12.7. The van der Waals surface area contributed by atoms with Gasteiger partial charge in [0.25, 0.3) is 0 Å². The minimum atomic E-state index is 0.0893. The Balaban J connectivity index is 2.40. The Morgan fingerprint density at radius 2 is 2.15 bits per heavy atom. The van der Waals surface area contributed by atoms with Gasteiger partial charge < -0.3 is 10.3 Å². The summed E-state index contributed by atoms with van der Waals surface area (Å²) in [5, 5.41) is 4.47. The van der Waals surface area contributed by atoms with Crippen molar-refractivity contribution in [3.8, 4) is 0 Å². The van der Waals surface area contributed by atoms with Crippen molar-refractivity contribution in [1.29, 1.82) is 0 Å². The summed E-state index contributed by atoms with van der Waals surface area (Å²) in [7, 11) is 1.83. The molecule has 0 saturated heterocycles. The van der Waals surface area contributed by atoms with E-state index in [0.29, 0.717) is 12.5 Å². The molecule has 1 unspecified atom stereocenters. The molecule has 1 N–H and O–H groups in total. The summed E-state index contributed by atoms with van der Waals surface area (Å²) < 4.78 is 0. The maximum absolute atomic E-state index is 12.1. The highest BCUT2D eigenvalue weighted by Crippen LogP contribution is 2.28. The van der Waals surface area contributed by atoms with Crippen molar-refractivity contribution >= 4 is 17.3 Å². The molecule has 2 rings (SSSR count). The number of amides is 1. The number of anilines is 1. The number of hydrazone groups is 1. The smallest absolute Gasteiger partial charge is 0.232 e. The molecule has 1 aliphatic rings. The standard InChI is InChI=1S/C16H23N3O/c1-5-11(3)17-18-14-10-16(20)19(4)15-8-7-12(6-2)9-13(14)15/h7-9,11,17H,5-6,10H2,1-4H3/b18-14+. The molecule has 1 atom stereocenters. The van der Waals surface area contributed by atoms with Crippen LogP contribution in [0.25, 0.3) is 0 Å². The second-order valence-electron chi connectivity index (χ2n) is 5.33. The molecule has 0 saturated carbocycles. The summed E-state index contributed by atoms with van der Waals surface area (Å²) in [5.74, 6) is 0.0893. The molecule has 1 aromatic rings. The molecule has 4 heteroatoms. The average molecular weight is 273 g/mol. The maximum atomic E-state index is 12.1. The lowest BCUT2D eigenvalue weighted by molar-refractivity contribution is -0.117. The van der Waals surface area contributed by atoms with Crippen molar-refractivity contribution in [3.63, 3.8) is 0 Å². The van der Waals surface area contributed by atoms with Gasteiger partial charge in [-0.2, -0.15) is 5.10 Å². The summed E-state index contributed by atoms with van der Waals surface area (Å²) in [6.45, 7) is 6.33. The van der Waals surface area contributed by atoms with E-state index in [1.165, 1.54) is 5.56 Å². The van der Waals surface area contributed by atoms with Crippen molar-refractivity contribution in [3.05, 3.63) is 29.3 Å². The van der Waals surface area contributed by atoms with Crippen molar-refractivity contribution in [1.82, 2.24) is 5.43 Å². The Kier molecular flexibility index (Phi) is 4.42. The van der Waals surface area contributed by atoms with E-state index in [2.05, 4.69) is 43.4 Å². The number of hydrogen-bond acceptors (Lipinski definition) is 3. The van der Waals surface area contributed by atoms with Crippen molar-refractivity contribution in [2.24, 2.45) is 5.10 Å². The fourth-order valence-electron chi connectivity index (χ4n) is 2.20. The van der Waals surface area contributed by atoms with Crippen LogP contribution < -0.4 is 10.3 Å². The second-order valence-corrected chi connectivity index (χ2v) is 5.33. The molecular formula is C16H23N3O. The summed E-state index contributed by atoms with van der Waals surface area (Å²) in [6, 6.07) is 6.56. The third kappa shape index (κ3) is 2.84. The highest BCUT2D eigenvalue weighted by molar-refractivity contribution is 6.21. The number of nitrogens with zero attached hydrogens (tertiary/aromatic N) is 2. The van der Waals surface area contributed by atoms with Crippen molar-refractivity contribution in [2.45, 2.75) is 46.1 Å². The molecule has 0 spiro atoms. The van der Waals surface area contributed by atoms with Crippen LogP contribution >= 0.6 is 0 Å². The first-order valence-corrected chi connectivity index (χ1v) is 7.28. The van der Waals surface area contributed by atoms with Crippen LogP contribution in [-0.2, 0) is 11.2 Å². The molecule has 20 heavy (non-hydrogen) atoms. The molecule has 108 valence electrons. The summed E-state index contributed by atoms with van der Waals surface area (Å²) >= 11 is 0. The first-order chi connectivity index (χ1) is 9.56. The summed E-state index contributed by atoms with van der Waals surface area (Å²) in [6.07, 6.45) is 2.35. The van der Waals surface area contributed by atoms with E-state index < -0.39 is 0 Å². The van der Waals surface area contributed by atoms with Crippen LogP contribution in [0.3, 0.4) is 0 Å². The zero-order valence-corrected chi connectivity index (χ0v) is 12.7. The van der Waals surface area contributed by atoms with Gasteiger partial charge in [0.2, 0.25) is 5.91 Å². The number of nitrogens with one attached hydrogen (secondary N) is 1. The number of rotatable bonds is 4. The Hall–Kier alpha value is -1.84. The van der Waals surface area contributed by atoms with Crippen LogP contribution in [0.1, 0.15) is 44.7 Å². The van der Waals surface area contributed by atoms with Gasteiger partial charge in [0.15, 0.2) is 0 Å². The van der Waals surface area contributed by atoms with E-state index in [1.54, 1.807) is 4.90 Å². The van der Waals surface area contributed by atoms with Gasteiger partial charge in [0, 0.05) is 18.7 Å². The van der Waals surface area contributed by atoms with E-state index in [4.69, 9.17) is 0 Å². The molecule has 1 aliphatic heterocycles. The quantitative estimate of drug-likeness (QED) is 0.857. The first kappa shape index (κ1) is 14.6. The predicted octanol–water partition coefficient (Wildman–Crippen LogP) is 2.71. The van der Waals surface area contributed by atoms with Gasteiger partial charge in [-0.25, -0.2) is 0 Å². The average Bonchev–Trinajstić information content (AvgIpc) is 2.48. The SMILES string of the molecule is CCc1ccc2c(c1)/C(=N/NC(C)CC)CC(=O)N2C. The number of benzene rings is 1. The Morgan fingerprint density at radius 1 is 1.40 bits per heavy atom. The van der Waals surface area contributed by atoms with Crippen LogP contribution in [0.15, 0.2) is 23.3 Å². The maximum Gasteiger partial charge on any atom is 0.232 e. The Morgan fingerprint density at radius 3 is 2.80 bits per heavy atom. The third-order valence-corrected chi connectivity index (χ3v) is 3.87. The largest absolute Gasteiger partial charge is 0.314 e. The molecule has 4 nitrogen and oxygen atoms in total. The lowest BCUT2D eigenvalue weighted by Crippen LogP contribution is -2.35. The molecule has 0 aliphatic carbocycles. The highest BCUT2D eigenvalue weighted by atomic mass is 16.2. The fourth-order valence-corrected chi connectivity index (χ4v) is 2.20. The number of carbonyl (C=O) groups is 1. The van der Waals surface area contributed by atoms with Crippen LogP contribution in [-0.4, -0.2) is 24.7 Å². The van der Waals surface area contributed by atoms with Crippen LogP contribution in [0.2, 0.25) is 0 Å². The molecular weight excluding hydrogens is 250 g/mol.